The van der Waals surface area contributed by atoms with Gasteiger partial charge in [0.25, 0.3) is 0 Å². The molecule has 1 nitrogen and oxygen atoms in total. The lowest BCUT2D eigenvalue weighted by Gasteiger charge is -2.41. The first-order valence-corrected chi connectivity index (χ1v) is 6.91. The lowest BCUT2D eigenvalue weighted by molar-refractivity contribution is 0.0965. The van der Waals surface area contributed by atoms with E-state index in [-0.39, 0.29) is 0 Å². The standard InChI is InChI=1S/C12H22BrN/c1-3-10-7-14(8-11(10)13)9-12(2)5-4-6-12/h10-11H,3-9H2,1-2H3. The van der Waals surface area contributed by atoms with E-state index >= 15 is 0 Å². The maximum atomic E-state index is 3.81. The van der Waals surface area contributed by atoms with Gasteiger partial charge in [-0.3, -0.25) is 0 Å². The number of hydrogen-bond acceptors (Lipinski definition) is 1. The zero-order valence-electron chi connectivity index (χ0n) is 9.43. The Morgan fingerprint density at radius 1 is 1.36 bits per heavy atom. The molecule has 2 atom stereocenters. The molecule has 2 heteroatoms. The number of hydrogen-bond donors (Lipinski definition) is 0. The van der Waals surface area contributed by atoms with Gasteiger partial charge in [-0.05, 0) is 24.2 Å². The molecule has 0 spiro atoms. The molecule has 1 aliphatic carbocycles. The molecule has 1 saturated carbocycles. The van der Waals surface area contributed by atoms with Crippen LogP contribution < -0.4 is 0 Å². The first-order valence-electron chi connectivity index (χ1n) is 5.99. The van der Waals surface area contributed by atoms with Gasteiger partial charge in [-0.15, -0.1) is 0 Å². The van der Waals surface area contributed by atoms with Crippen molar-refractivity contribution < 1.29 is 0 Å². The van der Waals surface area contributed by atoms with E-state index in [4.69, 9.17) is 0 Å². The van der Waals surface area contributed by atoms with Gasteiger partial charge in [0, 0.05) is 24.5 Å². The predicted molar refractivity (Wildman–Crippen MR) is 64.9 cm³/mol. The first kappa shape index (κ1) is 10.9. The third-order valence-electron chi connectivity index (χ3n) is 4.13. The Morgan fingerprint density at radius 3 is 2.50 bits per heavy atom. The molecule has 2 unspecified atom stereocenters. The maximum absolute atomic E-state index is 3.81. The molecular weight excluding hydrogens is 238 g/mol. The van der Waals surface area contributed by atoms with Gasteiger partial charge >= 0.3 is 0 Å². The van der Waals surface area contributed by atoms with Crippen molar-refractivity contribution in [3.63, 3.8) is 0 Å². The van der Waals surface area contributed by atoms with Crippen molar-refractivity contribution in [3.8, 4) is 0 Å². The van der Waals surface area contributed by atoms with Crippen molar-refractivity contribution in [2.24, 2.45) is 11.3 Å². The summed E-state index contributed by atoms with van der Waals surface area (Å²) in [6, 6.07) is 0. The molecule has 1 saturated heterocycles. The number of alkyl halides is 1. The van der Waals surface area contributed by atoms with Crippen molar-refractivity contribution in [2.75, 3.05) is 19.6 Å². The lowest BCUT2D eigenvalue weighted by Crippen LogP contribution is -2.39. The van der Waals surface area contributed by atoms with Crippen LogP contribution in [0.5, 0.6) is 0 Å². The van der Waals surface area contributed by atoms with Crippen LogP contribution in [0.4, 0.5) is 0 Å². The Kier molecular flexibility index (Phi) is 3.23. The van der Waals surface area contributed by atoms with E-state index in [0.29, 0.717) is 5.41 Å². The largest absolute Gasteiger partial charge is 0.301 e. The van der Waals surface area contributed by atoms with Crippen molar-refractivity contribution in [1.82, 2.24) is 4.90 Å². The molecule has 0 bridgehead atoms. The third-order valence-corrected chi connectivity index (χ3v) is 5.16. The van der Waals surface area contributed by atoms with Crippen molar-refractivity contribution in [1.29, 1.82) is 0 Å². The molecule has 0 N–H and O–H groups in total. The summed E-state index contributed by atoms with van der Waals surface area (Å²) in [5, 5.41) is 0. The van der Waals surface area contributed by atoms with Gasteiger partial charge in [0.05, 0.1) is 0 Å². The van der Waals surface area contributed by atoms with E-state index in [0.717, 1.165) is 10.7 Å². The smallest absolute Gasteiger partial charge is 0.0313 e. The molecule has 2 rings (SSSR count). The van der Waals surface area contributed by atoms with Crippen LogP contribution in [0.3, 0.4) is 0 Å². The molecule has 0 aromatic heterocycles. The van der Waals surface area contributed by atoms with Gasteiger partial charge < -0.3 is 4.90 Å². The summed E-state index contributed by atoms with van der Waals surface area (Å²) < 4.78 is 0. The fourth-order valence-corrected chi connectivity index (χ4v) is 3.86. The molecule has 0 radical (unpaired) electrons. The van der Waals surface area contributed by atoms with Crippen LogP contribution in [0.2, 0.25) is 0 Å². The molecule has 0 aromatic rings. The van der Waals surface area contributed by atoms with E-state index < -0.39 is 0 Å². The number of likely N-dealkylation sites (tertiary alicyclic amines) is 1. The minimum absolute atomic E-state index is 0.662. The second kappa shape index (κ2) is 4.13. The number of rotatable bonds is 3. The van der Waals surface area contributed by atoms with E-state index in [1.54, 1.807) is 0 Å². The lowest BCUT2D eigenvalue weighted by atomic mass is 9.70. The zero-order valence-corrected chi connectivity index (χ0v) is 11.0. The van der Waals surface area contributed by atoms with Crippen LogP contribution in [0.15, 0.2) is 0 Å². The topological polar surface area (TPSA) is 3.24 Å². The van der Waals surface area contributed by atoms with Crippen LogP contribution in [0.1, 0.15) is 39.5 Å². The average Bonchev–Trinajstić information content (AvgIpc) is 2.43. The second-order valence-electron chi connectivity index (χ2n) is 5.54. The summed E-state index contributed by atoms with van der Waals surface area (Å²) >= 11 is 3.81. The minimum Gasteiger partial charge on any atom is -0.301 e. The Bertz CT molecular complexity index is 200. The molecule has 0 amide bonds. The highest BCUT2D eigenvalue weighted by Crippen LogP contribution is 2.42. The molecule has 82 valence electrons. The Hall–Kier alpha value is 0.440. The van der Waals surface area contributed by atoms with Crippen LogP contribution in [0, 0.1) is 11.3 Å². The number of halogens is 1. The summed E-state index contributed by atoms with van der Waals surface area (Å²) in [5.41, 5.74) is 0.662. The van der Waals surface area contributed by atoms with Gasteiger partial charge in [0.15, 0.2) is 0 Å². The van der Waals surface area contributed by atoms with Gasteiger partial charge in [0.2, 0.25) is 0 Å². The fourth-order valence-electron chi connectivity index (χ4n) is 2.91. The monoisotopic (exact) mass is 259 g/mol. The molecule has 1 aliphatic heterocycles. The summed E-state index contributed by atoms with van der Waals surface area (Å²) in [5.74, 6) is 0.888. The molecule has 1 heterocycles. The molecule has 0 aromatic carbocycles. The van der Waals surface area contributed by atoms with Crippen LogP contribution in [-0.2, 0) is 0 Å². The summed E-state index contributed by atoms with van der Waals surface area (Å²) in [6.07, 6.45) is 5.68. The Morgan fingerprint density at radius 2 is 2.07 bits per heavy atom. The maximum Gasteiger partial charge on any atom is 0.0313 e. The summed E-state index contributed by atoms with van der Waals surface area (Å²) in [7, 11) is 0. The Balaban J connectivity index is 1.83. The first-order chi connectivity index (χ1) is 6.63. The van der Waals surface area contributed by atoms with Gasteiger partial charge in [-0.2, -0.15) is 0 Å². The second-order valence-corrected chi connectivity index (χ2v) is 6.72. The van der Waals surface area contributed by atoms with E-state index in [1.165, 1.54) is 45.3 Å². The third kappa shape index (κ3) is 2.16. The van der Waals surface area contributed by atoms with Crippen molar-refractivity contribution in [3.05, 3.63) is 0 Å². The molecule has 14 heavy (non-hydrogen) atoms. The van der Waals surface area contributed by atoms with E-state index in [9.17, 15) is 0 Å². The molecular formula is C12H22BrN. The highest BCUT2D eigenvalue weighted by atomic mass is 79.9. The summed E-state index contributed by atoms with van der Waals surface area (Å²) in [6.45, 7) is 8.70. The zero-order chi connectivity index (χ0) is 10.2. The Labute approximate surface area is 96.4 Å². The highest BCUT2D eigenvalue weighted by molar-refractivity contribution is 9.09. The SMILES string of the molecule is CCC1CN(CC2(C)CCC2)CC1Br. The average molecular weight is 260 g/mol. The van der Waals surface area contributed by atoms with E-state index in [1.807, 2.05) is 0 Å². The van der Waals surface area contributed by atoms with Crippen LogP contribution >= 0.6 is 15.9 Å². The highest BCUT2D eigenvalue weighted by Gasteiger charge is 2.37. The van der Waals surface area contributed by atoms with Gasteiger partial charge in [0.1, 0.15) is 0 Å². The van der Waals surface area contributed by atoms with Crippen LogP contribution in [-0.4, -0.2) is 29.4 Å². The molecule has 2 fully saturated rings. The van der Waals surface area contributed by atoms with Gasteiger partial charge in [-0.25, -0.2) is 0 Å². The van der Waals surface area contributed by atoms with Crippen molar-refractivity contribution in [2.45, 2.75) is 44.4 Å². The van der Waals surface area contributed by atoms with E-state index in [2.05, 4.69) is 34.7 Å². The predicted octanol–water partition coefficient (Wildman–Crippen LogP) is 3.28. The molecule has 2 aliphatic rings. The van der Waals surface area contributed by atoms with Crippen LogP contribution in [0.25, 0.3) is 0 Å². The fraction of sp³-hybridized carbons (Fsp3) is 1.00. The summed E-state index contributed by atoms with van der Waals surface area (Å²) in [4.78, 5) is 3.42. The normalized spacial score (nSPS) is 37.1. The minimum atomic E-state index is 0.662. The quantitative estimate of drug-likeness (QED) is 0.704. The van der Waals surface area contributed by atoms with Gasteiger partial charge in [-0.1, -0.05) is 42.6 Å². The number of nitrogens with zero attached hydrogens (tertiary/aromatic N) is 1. The van der Waals surface area contributed by atoms with Crippen molar-refractivity contribution >= 4 is 15.9 Å².